The molecule has 1 fully saturated rings. The summed E-state index contributed by atoms with van der Waals surface area (Å²) in [5.41, 5.74) is 0.755. The Labute approximate surface area is 174 Å². The molecule has 0 aliphatic heterocycles. The van der Waals surface area contributed by atoms with E-state index in [0.29, 0.717) is 35.2 Å². The number of hydrogen-bond donors (Lipinski definition) is 0. The maximum Gasteiger partial charge on any atom is 0.326 e. The molecule has 1 aliphatic rings. The summed E-state index contributed by atoms with van der Waals surface area (Å²) in [5.74, 6) is 1.04. The van der Waals surface area contributed by atoms with Crippen molar-refractivity contribution in [1.82, 2.24) is 4.57 Å². The van der Waals surface area contributed by atoms with E-state index in [1.807, 2.05) is 6.07 Å². The highest BCUT2D eigenvalue weighted by molar-refractivity contribution is 7.16. The van der Waals surface area contributed by atoms with E-state index < -0.39 is 0 Å². The van der Waals surface area contributed by atoms with Gasteiger partial charge in [0, 0.05) is 18.6 Å². The van der Waals surface area contributed by atoms with Gasteiger partial charge in [0.2, 0.25) is 5.91 Å². The van der Waals surface area contributed by atoms with Crippen molar-refractivity contribution in [2.75, 3.05) is 20.8 Å². The van der Waals surface area contributed by atoms with Gasteiger partial charge < -0.3 is 18.8 Å². The summed E-state index contributed by atoms with van der Waals surface area (Å²) in [6, 6.07) is 3.64. The van der Waals surface area contributed by atoms with Crippen LogP contribution >= 0.6 is 11.3 Å². The smallest absolute Gasteiger partial charge is 0.326 e. The van der Waals surface area contributed by atoms with Crippen LogP contribution in [0.15, 0.2) is 17.1 Å². The van der Waals surface area contributed by atoms with Crippen molar-refractivity contribution in [2.45, 2.75) is 52.0 Å². The van der Waals surface area contributed by atoms with Gasteiger partial charge in [-0.15, -0.1) is 0 Å². The average Bonchev–Trinajstić information content (AvgIpc) is 3.03. The molecular formula is C21H28N2O5S. The van der Waals surface area contributed by atoms with E-state index in [9.17, 15) is 9.59 Å². The van der Waals surface area contributed by atoms with Crippen LogP contribution in [0, 0.1) is 5.92 Å². The zero-order chi connectivity index (χ0) is 20.8. The lowest BCUT2D eigenvalue weighted by Gasteiger charge is -2.19. The van der Waals surface area contributed by atoms with E-state index in [-0.39, 0.29) is 18.4 Å². The number of hydrogen-bond acceptors (Lipinski definition) is 6. The first-order valence-electron chi connectivity index (χ1n) is 10.0. The Morgan fingerprint density at radius 3 is 2.48 bits per heavy atom. The largest absolute Gasteiger partial charge is 0.493 e. The Morgan fingerprint density at radius 1 is 1.14 bits per heavy atom. The van der Waals surface area contributed by atoms with Gasteiger partial charge in [0.1, 0.15) is 6.54 Å². The number of ether oxygens (including phenoxy) is 3. The van der Waals surface area contributed by atoms with Gasteiger partial charge in [-0.2, -0.15) is 4.99 Å². The number of thiazole rings is 1. The van der Waals surface area contributed by atoms with Crippen molar-refractivity contribution in [1.29, 1.82) is 0 Å². The maximum absolute atomic E-state index is 12.6. The van der Waals surface area contributed by atoms with Crippen LogP contribution < -0.4 is 14.3 Å². The number of aromatic nitrogens is 1. The molecule has 0 bridgehead atoms. The summed E-state index contributed by atoms with van der Waals surface area (Å²) in [6.45, 7) is 2.05. The number of amides is 1. The zero-order valence-electron chi connectivity index (χ0n) is 17.2. The van der Waals surface area contributed by atoms with E-state index in [0.717, 1.165) is 23.1 Å². The average molecular weight is 421 g/mol. The minimum absolute atomic E-state index is 0.0150. The lowest BCUT2D eigenvalue weighted by Crippen LogP contribution is -2.23. The van der Waals surface area contributed by atoms with Crippen LogP contribution in [0.2, 0.25) is 0 Å². The second kappa shape index (κ2) is 9.91. The Morgan fingerprint density at radius 2 is 1.83 bits per heavy atom. The molecule has 1 aromatic heterocycles. The van der Waals surface area contributed by atoms with E-state index in [2.05, 4.69) is 4.99 Å². The third-order valence-electron chi connectivity index (χ3n) is 5.19. The predicted molar refractivity (Wildman–Crippen MR) is 111 cm³/mol. The van der Waals surface area contributed by atoms with Crippen molar-refractivity contribution >= 4 is 33.4 Å². The molecule has 0 N–H and O–H groups in total. The Kier molecular flexibility index (Phi) is 7.30. The van der Waals surface area contributed by atoms with Crippen LogP contribution in [-0.2, 0) is 20.9 Å². The summed E-state index contributed by atoms with van der Waals surface area (Å²) < 4.78 is 18.5. The third kappa shape index (κ3) is 5.18. The molecule has 0 radical (unpaired) electrons. The van der Waals surface area contributed by atoms with Crippen LogP contribution in [-0.4, -0.2) is 37.3 Å². The fourth-order valence-electron chi connectivity index (χ4n) is 3.76. The summed E-state index contributed by atoms with van der Waals surface area (Å²) >= 11 is 1.36. The molecular weight excluding hydrogens is 392 g/mol. The van der Waals surface area contributed by atoms with Gasteiger partial charge in [0.15, 0.2) is 16.3 Å². The second-order valence-corrected chi connectivity index (χ2v) is 8.17. The van der Waals surface area contributed by atoms with Crippen LogP contribution in [0.5, 0.6) is 11.5 Å². The molecule has 0 unspecified atom stereocenters. The molecule has 8 heteroatoms. The molecule has 158 valence electrons. The first-order valence-corrected chi connectivity index (χ1v) is 10.9. The first kappa shape index (κ1) is 21.4. The fraction of sp³-hybridized carbons (Fsp3) is 0.571. The summed E-state index contributed by atoms with van der Waals surface area (Å²) in [6.07, 6.45) is 6.25. The topological polar surface area (TPSA) is 79.1 Å². The number of benzene rings is 1. The molecule has 0 atom stereocenters. The van der Waals surface area contributed by atoms with Gasteiger partial charge in [-0.25, -0.2) is 0 Å². The second-order valence-electron chi connectivity index (χ2n) is 7.16. The Bertz CT molecular complexity index is 940. The number of rotatable bonds is 7. The summed E-state index contributed by atoms with van der Waals surface area (Å²) in [4.78, 5) is 29.7. The number of carbonyl (C=O) groups excluding carboxylic acids is 2. The molecule has 1 amide bonds. The molecule has 29 heavy (non-hydrogen) atoms. The zero-order valence-corrected chi connectivity index (χ0v) is 18.0. The van der Waals surface area contributed by atoms with E-state index in [4.69, 9.17) is 14.2 Å². The van der Waals surface area contributed by atoms with Crippen molar-refractivity contribution in [2.24, 2.45) is 10.9 Å². The molecule has 3 rings (SSSR count). The molecule has 2 aromatic rings. The summed E-state index contributed by atoms with van der Waals surface area (Å²) in [5, 5.41) is 0. The van der Waals surface area contributed by atoms with Crippen molar-refractivity contribution in [3.05, 3.63) is 16.9 Å². The highest BCUT2D eigenvalue weighted by atomic mass is 32.1. The highest BCUT2D eigenvalue weighted by Crippen LogP contribution is 2.33. The molecule has 1 saturated carbocycles. The molecule has 1 aliphatic carbocycles. The molecule has 0 saturated heterocycles. The highest BCUT2D eigenvalue weighted by Gasteiger charge is 2.19. The molecule has 1 heterocycles. The fourth-order valence-corrected chi connectivity index (χ4v) is 4.82. The van der Waals surface area contributed by atoms with Gasteiger partial charge in [0.05, 0.1) is 31.0 Å². The predicted octanol–water partition coefficient (Wildman–Crippen LogP) is 3.68. The monoisotopic (exact) mass is 420 g/mol. The standard InChI is InChI=1S/C21H28N2O5S/c1-4-28-20(25)13-23-15-11-16(26-2)17(27-3)12-18(15)29-21(23)22-19(24)10-14-8-6-5-7-9-14/h11-12,14H,4-10,13H2,1-3H3. The van der Waals surface area contributed by atoms with Crippen molar-refractivity contribution in [3.8, 4) is 11.5 Å². The molecule has 1 aromatic carbocycles. The van der Waals surface area contributed by atoms with Gasteiger partial charge >= 0.3 is 5.97 Å². The molecule has 7 nitrogen and oxygen atoms in total. The van der Waals surface area contributed by atoms with Crippen molar-refractivity contribution in [3.63, 3.8) is 0 Å². The normalized spacial score (nSPS) is 15.5. The van der Waals surface area contributed by atoms with Gasteiger partial charge in [-0.05, 0) is 25.7 Å². The quantitative estimate of drug-likeness (QED) is 0.639. The SMILES string of the molecule is CCOC(=O)Cn1c(=NC(=O)CC2CCCCC2)sc2cc(OC)c(OC)cc21. The van der Waals surface area contributed by atoms with Crippen LogP contribution in [0.25, 0.3) is 10.2 Å². The third-order valence-corrected chi connectivity index (χ3v) is 6.23. The summed E-state index contributed by atoms with van der Waals surface area (Å²) in [7, 11) is 3.13. The van der Waals surface area contributed by atoms with Crippen LogP contribution in [0.3, 0.4) is 0 Å². The number of fused-ring (bicyclic) bond motifs is 1. The number of methoxy groups -OCH3 is 2. The maximum atomic E-state index is 12.6. The first-order chi connectivity index (χ1) is 14.0. The number of nitrogens with zero attached hydrogens (tertiary/aromatic N) is 2. The number of esters is 1. The number of carbonyl (C=O) groups is 2. The van der Waals surface area contributed by atoms with Gasteiger partial charge in [-0.3, -0.25) is 9.59 Å². The lowest BCUT2D eigenvalue weighted by molar-refractivity contribution is -0.143. The van der Waals surface area contributed by atoms with Gasteiger partial charge in [0.25, 0.3) is 0 Å². The van der Waals surface area contributed by atoms with Crippen molar-refractivity contribution < 1.29 is 23.8 Å². The van der Waals surface area contributed by atoms with E-state index in [1.54, 1.807) is 31.8 Å². The van der Waals surface area contributed by atoms with E-state index >= 15 is 0 Å². The van der Waals surface area contributed by atoms with E-state index in [1.165, 1.54) is 30.6 Å². The van der Waals surface area contributed by atoms with Crippen LogP contribution in [0.1, 0.15) is 45.4 Å². The minimum atomic E-state index is -0.372. The van der Waals surface area contributed by atoms with Crippen LogP contribution in [0.4, 0.5) is 0 Å². The Balaban J connectivity index is 2.01. The lowest BCUT2D eigenvalue weighted by atomic mass is 9.87. The minimum Gasteiger partial charge on any atom is -0.493 e. The Hall–Kier alpha value is -2.35. The van der Waals surface area contributed by atoms with Gasteiger partial charge in [-0.1, -0.05) is 30.6 Å². The molecule has 0 spiro atoms.